The van der Waals surface area contributed by atoms with Crippen LogP contribution < -0.4 is 0 Å². The summed E-state index contributed by atoms with van der Waals surface area (Å²) in [6, 6.07) is 20.6. The zero-order valence-corrected chi connectivity index (χ0v) is 13.1. The molecule has 2 aliphatic rings. The standard InChI is InChI=1S/C20H22O3/c1-3-7-15(8-4-1)11-21-13-17-18(20-19(17)23-20)14-22-12-16-9-5-2-6-10-16/h1-10,17-20H,11-14H2/t17-,18+,19+,20-. The van der Waals surface area contributed by atoms with Gasteiger partial charge in [0.1, 0.15) is 0 Å². The van der Waals surface area contributed by atoms with Crippen LogP contribution in [-0.2, 0) is 27.4 Å². The number of rotatable bonds is 8. The summed E-state index contributed by atoms with van der Waals surface area (Å²) in [5.41, 5.74) is 2.44. The van der Waals surface area contributed by atoms with E-state index in [9.17, 15) is 0 Å². The van der Waals surface area contributed by atoms with Crippen molar-refractivity contribution in [2.45, 2.75) is 25.4 Å². The molecule has 0 amide bonds. The van der Waals surface area contributed by atoms with Gasteiger partial charge in [-0.25, -0.2) is 0 Å². The molecule has 1 saturated heterocycles. The lowest BCUT2D eigenvalue weighted by atomic mass is 9.74. The van der Waals surface area contributed by atoms with E-state index >= 15 is 0 Å². The average molecular weight is 310 g/mol. The molecule has 120 valence electrons. The summed E-state index contributed by atoms with van der Waals surface area (Å²) in [6.07, 6.45) is 0.826. The molecule has 4 atom stereocenters. The second-order valence-corrected chi connectivity index (χ2v) is 6.39. The average Bonchev–Trinajstić information content (AvgIpc) is 3.32. The zero-order chi connectivity index (χ0) is 15.5. The van der Waals surface area contributed by atoms with Crippen molar-refractivity contribution in [2.24, 2.45) is 11.8 Å². The lowest BCUT2D eigenvalue weighted by Gasteiger charge is -2.31. The fourth-order valence-electron chi connectivity index (χ4n) is 3.38. The Labute approximate surface area is 137 Å². The molecule has 3 nitrogen and oxygen atoms in total. The molecule has 0 N–H and O–H groups in total. The number of fused-ring (bicyclic) bond motifs is 1. The Morgan fingerprint density at radius 1 is 0.652 bits per heavy atom. The van der Waals surface area contributed by atoms with Crippen LogP contribution in [0.15, 0.2) is 60.7 Å². The second kappa shape index (κ2) is 6.83. The normalized spacial score (nSPS) is 28.0. The topological polar surface area (TPSA) is 31.0 Å². The summed E-state index contributed by atoms with van der Waals surface area (Å²) in [4.78, 5) is 0. The molecule has 2 aromatic carbocycles. The van der Waals surface area contributed by atoms with Gasteiger partial charge >= 0.3 is 0 Å². The molecule has 2 aromatic rings. The number of epoxide rings is 1. The Kier molecular flexibility index (Phi) is 4.42. The molecule has 1 aliphatic heterocycles. The third-order valence-electron chi connectivity index (χ3n) is 4.80. The minimum atomic E-state index is 0.413. The SMILES string of the molecule is c1ccc(COC[C@@H]2[C@H](COCc3ccccc3)[C@H]3O[C@@H]23)cc1. The van der Waals surface area contributed by atoms with Crippen molar-refractivity contribution >= 4 is 0 Å². The fraction of sp³-hybridized carbons (Fsp3) is 0.400. The minimum absolute atomic E-state index is 0.413. The third-order valence-corrected chi connectivity index (χ3v) is 4.80. The van der Waals surface area contributed by atoms with Crippen LogP contribution >= 0.6 is 0 Å². The van der Waals surface area contributed by atoms with E-state index < -0.39 is 0 Å². The second-order valence-electron chi connectivity index (χ2n) is 6.39. The lowest BCUT2D eigenvalue weighted by Crippen LogP contribution is -2.42. The number of hydrogen-bond donors (Lipinski definition) is 0. The maximum absolute atomic E-state index is 5.88. The molecule has 0 unspecified atom stereocenters. The van der Waals surface area contributed by atoms with E-state index in [0.717, 1.165) is 13.2 Å². The zero-order valence-electron chi connectivity index (χ0n) is 13.1. The van der Waals surface area contributed by atoms with Crippen molar-refractivity contribution < 1.29 is 14.2 Å². The first kappa shape index (κ1) is 14.9. The molecule has 2 fully saturated rings. The Morgan fingerprint density at radius 2 is 1.09 bits per heavy atom. The first-order chi connectivity index (χ1) is 11.4. The van der Waals surface area contributed by atoms with Crippen LogP contribution in [0.4, 0.5) is 0 Å². The smallest absolute Gasteiger partial charge is 0.0900 e. The van der Waals surface area contributed by atoms with E-state index in [1.165, 1.54) is 11.1 Å². The van der Waals surface area contributed by atoms with Gasteiger partial charge in [-0.3, -0.25) is 0 Å². The fourth-order valence-corrected chi connectivity index (χ4v) is 3.38. The maximum atomic E-state index is 5.88. The van der Waals surface area contributed by atoms with Gasteiger partial charge in [0.05, 0.1) is 38.6 Å². The molecule has 0 spiro atoms. The molecule has 0 radical (unpaired) electrons. The molecule has 23 heavy (non-hydrogen) atoms. The number of ether oxygens (including phenoxy) is 3. The summed E-state index contributed by atoms with van der Waals surface area (Å²) >= 11 is 0. The molecule has 3 heteroatoms. The van der Waals surface area contributed by atoms with Gasteiger partial charge in [0, 0.05) is 11.8 Å². The van der Waals surface area contributed by atoms with Crippen LogP contribution in [-0.4, -0.2) is 25.4 Å². The number of benzene rings is 2. The van der Waals surface area contributed by atoms with Gasteiger partial charge in [0.2, 0.25) is 0 Å². The van der Waals surface area contributed by atoms with Crippen molar-refractivity contribution in [2.75, 3.05) is 13.2 Å². The van der Waals surface area contributed by atoms with Crippen LogP contribution in [0, 0.1) is 11.8 Å². The van der Waals surface area contributed by atoms with E-state index in [2.05, 4.69) is 24.3 Å². The first-order valence-corrected chi connectivity index (χ1v) is 8.30. The highest BCUT2D eigenvalue weighted by Crippen LogP contribution is 2.52. The molecule has 0 bridgehead atoms. The van der Waals surface area contributed by atoms with E-state index in [4.69, 9.17) is 14.2 Å². The summed E-state index contributed by atoms with van der Waals surface area (Å²) in [7, 11) is 0. The summed E-state index contributed by atoms with van der Waals surface area (Å²) < 4.78 is 17.5. The Balaban J connectivity index is 1.19. The molecule has 0 aromatic heterocycles. The Hall–Kier alpha value is -1.68. The van der Waals surface area contributed by atoms with Crippen molar-refractivity contribution in [3.8, 4) is 0 Å². The quantitative estimate of drug-likeness (QED) is 0.700. The van der Waals surface area contributed by atoms with E-state index in [1.54, 1.807) is 0 Å². The molecule has 1 heterocycles. The molecule has 1 aliphatic carbocycles. The van der Waals surface area contributed by atoms with Crippen molar-refractivity contribution in [1.82, 2.24) is 0 Å². The first-order valence-electron chi connectivity index (χ1n) is 8.30. The van der Waals surface area contributed by atoms with E-state index in [0.29, 0.717) is 37.3 Å². The lowest BCUT2D eigenvalue weighted by molar-refractivity contribution is -0.00269. The number of hydrogen-bond acceptors (Lipinski definition) is 3. The largest absolute Gasteiger partial charge is 0.376 e. The van der Waals surface area contributed by atoms with Gasteiger partial charge in [-0.1, -0.05) is 60.7 Å². The van der Waals surface area contributed by atoms with Gasteiger partial charge in [0.15, 0.2) is 0 Å². The van der Waals surface area contributed by atoms with Gasteiger partial charge < -0.3 is 14.2 Å². The third kappa shape index (κ3) is 3.47. The van der Waals surface area contributed by atoms with Crippen molar-refractivity contribution in [3.63, 3.8) is 0 Å². The summed E-state index contributed by atoms with van der Waals surface area (Å²) in [5, 5.41) is 0. The van der Waals surface area contributed by atoms with Crippen LogP contribution in [0.2, 0.25) is 0 Å². The monoisotopic (exact) mass is 310 g/mol. The maximum Gasteiger partial charge on any atom is 0.0900 e. The van der Waals surface area contributed by atoms with E-state index in [1.807, 2.05) is 36.4 Å². The predicted octanol–water partition coefficient (Wildman–Crippen LogP) is 3.43. The van der Waals surface area contributed by atoms with Gasteiger partial charge in [0.25, 0.3) is 0 Å². The summed E-state index contributed by atoms with van der Waals surface area (Å²) in [5.74, 6) is 0.971. The Morgan fingerprint density at radius 3 is 1.52 bits per heavy atom. The van der Waals surface area contributed by atoms with Crippen LogP contribution in [0.1, 0.15) is 11.1 Å². The highest BCUT2D eigenvalue weighted by Gasteiger charge is 2.63. The molecule has 4 rings (SSSR count). The van der Waals surface area contributed by atoms with Crippen LogP contribution in [0.25, 0.3) is 0 Å². The van der Waals surface area contributed by atoms with Crippen LogP contribution in [0.3, 0.4) is 0 Å². The highest BCUT2D eigenvalue weighted by atomic mass is 16.6. The van der Waals surface area contributed by atoms with E-state index in [-0.39, 0.29) is 0 Å². The predicted molar refractivity (Wildman–Crippen MR) is 87.8 cm³/mol. The van der Waals surface area contributed by atoms with Gasteiger partial charge in [-0.15, -0.1) is 0 Å². The Bertz CT molecular complexity index is 558. The highest BCUT2D eigenvalue weighted by molar-refractivity contribution is 5.15. The molecule has 1 saturated carbocycles. The van der Waals surface area contributed by atoms with Crippen molar-refractivity contribution in [1.29, 1.82) is 0 Å². The van der Waals surface area contributed by atoms with Gasteiger partial charge in [-0.05, 0) is 11.1 Å². The van der Waals surface area contributed by atoms with Crippen molar-refractivity contribution in [3.05, 3.63) is 71.8 Å². The van der Waals surface area contributed by atoms with Gasteiger partial charge in [-0.2, -0.15) is 0 Å². The molecular formula is C20H22O3. The minimum Gasteiger partial charge on any atom is -0.376 e. The molecular weight excluding hydrogens is 288 g/mol. The summed E-state index contributed by atoms with van der Waals surface area (Å²) in [6.45, 7) is 2.86. The van der Waals surface area contributed by atoms with Crippen LogP contribution in [0.5, 0.6) is 0 Å².